The fourth-order valence-corrected chi connectivity index (χ4v) is 3.92. The molecule has 1 aromatic carbocycles. The lowest BCUT2D eigenvalue weighted by molar-refractivity contribution is -0.140. The van der Waals surface area contributed by atoms with Crippen molar-refractivity contribution < 1.29 is 40.6 Å². The van der Waals surface area contributed by atoms with Gasteiger partial charge in [-0.05, 0) is 30.5 Å². The van der Waals surface area contributed by atoms with Gasteiger partial charge in [0.25, 0.3) is 11.1 Å². The number of aliphatic hydroxyl groups is 1. The highest BCUT2D eigenvalue weighted by Crippen LogP contribution is 2.33. The van der Waals surface area contributed by atoms with Crippen molar-refractivity contribution in [1.82, 2.24) is 24.7 Å². The summed E-state index contributed by atoms with van der Waals surface area (Å²) in [6, 6.07) is 3.45. The molecule has 0 amide bonds. The summed E-state index contributed by atoms with van der Waals surface area (Å²) in [7, 11) is 0. The first-order chi connectivity index (χ1) is 18.6. The van der Waals surface area contributed by atoms with E-state index in [9.17, 15) is 45.4 Å². The fourth-order valence-electron chi connectivity index (χ4n) is 3.92. The topological polar surface area (TPSA) is 123 Å². The Morgan fingerprint density at radius 3 is 2.35 bits per heavy atom. The minimum Gasteiger partial charge on any atom is -0.488 e. The molecule has 0 aliphatic rings. The monoisotopic (exact) mass is 573 g/mol. The Balaban J connectivity index is 1.51. The average Bonchev–Trinajstić information content (AvgIpc) is 2.84. The van der Waals surface area contributed by atoms with E-state index in [-0.39, 0.29) is 35.1 Å². The number of aliphatic hydroxyl groups excluding tert-OH is 1. The Labute approximate surface area is 218 Å². The molecule has 0 unspecified atom stereocenters. The molecule has 0 aliphatic heterocycles. The van der Waals surface area contributed by atoms with Gasteiger partial charge in [-0.2, -0.15) is 31.4 Å². The number of hydrogen-bond donors (Lipinski definition) is 2. The Morgan fingerprint density at radius 1 is 1.05 bits per heavy atom. The first-order valence-electron chi connectivity index (χ1n) is 11.4. The quantitative estimate of drug-likeness (QED) is 0.321. The third-order valence-corrected chi connectivity index (χ3v) is 5.73. The molecule has 3 heterocycles. The van der Waals surface area contributed by atoms with Crippen molar-refractivity contribution in [2.75, 3.05) is 0 Å². The predicted molar refractivity (Wildman–Crippen MR) is 125 cm³/mol. The zero-order valence-corrected chi connectivity index (χ0v) is 20.2. The van der Waals surface area contributed by atoms with E-state index in [4.69, 9.17) is 4.74 Å². The van der Waals surface area contributed by atoms with E-state index in [1.807, 2.05) is 0 Å². The number of nitrogens with zero attached hydrogens (tertiary/aromatic N) is 4. The van der Waals surface area contributed by atoms with E-state index < -0.39 is 58.4 Å². The van der Waals surface area contributed by atoms with Crippen molar-refractivity contribution in [3.63, 3.8) is 0 Å². The summed E-state index contributed by atoms with van der Waals surface area (Å²) in [5.41, 5.74) is -5.16. The molecule has 4 aromatic rings. The number of alkyl halides is 6. The van der Waals surface area contributed by atoms with Gasteiger partial charge in [-0.3, -0.25) is 9.59 Å². The zero-order valence-electron chi connectivity index (χ0n) is 20.2. The molecule has 2 atom stereocenters. The normalized spacial score (nSPS) is 13.8. The summed E-state index contributed by atoms with van der Waals surface area (Å²) < 4.78 is 98.9. The summed E-state index contributed by atoms with van der Waals surface area (Å²) in [4.78, 5) is 31.6. The lowest BCUT2D eigenvalue weighted by Gasteiger charge is -2.20. The van der Waals surface area contributed by atoms with Crippen LogP contribution in [0.25, 0.3) is 22.2 Å². The van der Waals surface area contributed by atoms with E-state index in [0.717, 1.165) is 10.6 Å². The summed E-state index contributed by atoms with van der Waals surface area (Å²) in [6.07, 6.45) is -9.33. The summed E-state index contributed by atoms with van der Waals surface area (Å²) in [5.74, 6) is -2.14. The Bertz CT molecular complexity index is 1650. The Kier molecular flexibility index (Phi) is 7.65. The number of fused-ring (bicyclic) bond motifs is 1. The van der Waals surface area contributed by atoms with Crippen LogP contribution in [-0.2, 0) is 18.9 Å². The van der Waals surface area contributed by atoms with Crippen LogP contribution in [0.3, 0.4) is 0 Å². The van der Waals surface area contributed by atoms with Crippen molar-refractivity contribution >= 4 is 10.8 Å². The molecule has 0 saturated heterocycles. The van der Waals surface area contributed by atoms with Crippen molar-refractivity contribution in [3.05, 3.63) is 80.6 Å². The highest BCUT2D eigenvalue weighted by atomic mass is 19.4. The minimum absolute atomic E-state index is 0.114. The molecule has 3 aromatic heterocycles. The number of pyridine rings is 1. The van der Waals surface area contributed by atoms with Crippen LogP contribution in [-0.4, -0.2) is 42.0 Å². The van der Waals surface area contributed by atoms with Gasteiger partial charge < -0.3 is 14.4 Å². The lowest BCUT2D eigenvalue weighted by atomic mass is 10.1. The van der Waals surface area contributed by atoms with E-state index in [2.05, 4.69) is 15.1 Å². The van der Waals surface area contributed by atoms with Crippen molar-refractivity contribution in [1.29, 1.82) is 0 Å². The minimum atomic E-state index is -5.02. The first-order valence-corrected chi connectivity index (χ1v) is 11.4. The molecule has 40 heavy (non-hydrogen) atoms. The molecule has 212 valence electrons. The second-order valence-electron chi connectivity index (χ2n) is 8.74. The molecule has 0 aliphatic carbocycles. The number of H-pyrrole nitrogens is 1. The van der Waals surface area contributed by atoms with Crippen molar-refractivity contribution in [2.24, 2.45) is 0 Å². The number of halogens is 7. The summed E-state index contributed by atoms with van der Waals surface area (Å²) in [5, 5.41) is 15.5. The van der Waals surface area contributed by atoms with Gasteiger partial charge in [-0.15, -0.1) is 0 Å². The van der Waals surface area contributed by atoms with E-state index >= 15 is 0 Å². The standard InChI is InChI=1S/C24H18F7N5O4/c1-11(40-18-9-34-35-21(38)19(18)24(29,30)31)4-14(37)10-36-3-2-12-5-16(17(25)6-15(12)22(36)39)20-32-7-13(8-33-20)23(26,27)28/h2-3,5-9,11,14,37H,4,10H2,1H3,(H,35,38)/t11-,14-/m0/s1. The van der Waals surface area contributed by atoms with Crippen molar-refractivity contribution in [2.45, 2.75) is 44.4 Å². The maximum atomic E-state index is 14.8. The van der Waals surface area contributed by atoms with Gasteiger partial charge in [-0.25, -0.2) is 19.5 Å². The maximum absolute atomic E-state index is 14.8. The van der Waals surface area contributed by atoms with Crippen LogP contribution < -0.4 is 15.9 Å². The molecule has 0 saturated carbocycles. The SMILES string of the molecule is C[C@@H](C[C@H](O)Cn1ccc2cc(-c3ncc(C(F)(F)F)cn3)c(F)cc2c1=O)Oc1cn[nH]c(=O)c1C(F)(F)F. The number of benzene rings is 1. The van der Waals surface area contributed by atoms with Crippen LogP contribution in [0.2, 0.25) is 0 Å². The van der Waals surface area contributed by atoms with Crippen LogP contribution in [0, 0.1) is 5.82 Å². The zero-order chi connectivity index (χ0) is 29.4. The molecule has 0 fully saturated rings. The van der Waals surface area contributed by atoms with Gasteiger partial charge in [0.15, 0.2) is 17.1 Å². The van der Waals surface area contributed by atoms with E-state index in [1.165, 1.54) is 25.3 Å². The largest absolute Gasteiger partial charge is 0.488 e. The summed E-state index contributed by atoms with van der Waals surface area (Å²) >= 11 is 0. The number of ether oxygens (including phenoxy) is 1. The molecule has 0 radical (unpaired) electrons. The third kappa shape index (κ3) is 6.11. The molecule has 0 spiro atoms. The van der Waals surface area contributed by atoms with Crippen molar-refractivity contribution in [3.8, 4) is 17.1 Å². The molecular formula is C24H18F7N5O4. The van der Waals surface area contributed by atoms with Crippen LogP contribution >= 0.6 is 0 Å². The second kappa shape index (κ2) is 10.7. The number of aromatic nitrogens is 5. The molecule has 9 nitrogen and oxygen atoms in total. The van der Waals surface area contributed by atoms with E-state index in [1.54, 1.807) is 5.10 Å². The van der Waals surface area contributed by atoms with Gasteiger partial charge in [0.2, 0.25) is 0 Å². The molecule has 2 N–H and O–H groups in total. The van der Waals surface area contributed by atoms with Crippen LogP contribution in [0.15, 0.2) is 52.6 Å². The number of rotatable bonds is 7. The molecule has 16 heteroatoms. The van der Waals surface area contributed by atoms with Gasteiger partial charge in [0.05, 0.1) is 41.5 Å². The predicted octanol–water partition coefficient (Wildman–Crippen LogP) is 3.94. The fraction of sp³-hybridized carbons (Fsp3) is 0.292. The summed E-state index contributed by atoms with van der Waals surface area (Å²) in [6.45, 7) is 1.00. The maximum Gasteiger partial charge on any atom is 0.425 e. The Hall–Kier alpha value is -4.34. The van der Waals surface area contributed by atoms with Gasteiger partial charge >= 0.3 is 12.4 Å². The van der Waals surface area contributed by atoms with Gasteiger partial charge in [-0.1, -0.05) is 0 Å². The lowest BCUT2D eigenvalue weighted by Crippen LogP contribution is -2.31. The highest BCUT2D eigenvalue weighted by Gasteiger charge is 2.38. The highest BCUT2D eigenvalue weighted by molar-refractivity contribution is 5.85. The van der Waals surface area contributed by atoms with Crippen LogP contribution in [0.5, 0.6) is 5.75 Å². The van der Waals surface area contributed by atoms with Gasteiger partial charge in [0.1, 0.15) is 5.82 Å². The number of nitrogens with one attached hydrogen (secondary N) is 1. The smallest absolute Gasteiger partial charge is 0.425 e. The van der Waals surface area contributed by atoms with Crippen LogP contribution in [0.1, 0.15) is 24.5 Å². The third-order valence-electron chi connectivity index (χ3n) is 5.73. The first kappa shape index (κ1) is 28.7. The number of hydrogen-bond acceptors (Lipinski definition) is 7. The number of aromatic amines is 1. The second-order valence-corrected chi connectivity index (χ2v) is 8.74. The Morgan fingerprint density at radius 2 is 1.73 bits per heavy atom. The van der Waals surface area contributed by atoms with Crippen LogP contribution in [0.4, 0.5) is 30.7 Å². The van der Waals surface area contributed by atoms with Gasteiger partial charge in [0, 0.05) is 25.0 Å². The van der Waals surface area contributed by atoms with E-state index in [0.29, 0.717) is 18.6 Å². The average molecular weight is 573 g/mol. The molecule has 0 bridgehead atoms. The molecule has 4 rings (SSSR count). The molecular weight excluding hydrogens is 555 g/mol.